The summed E-state index contributed by atoms with van der Waals surface area (Å²) in [6, 6.07) is 6.85. The summed E-state index contributed by atoms with van der Waals surface area (Å²) in [5.41, 5.74) is 1.36. The molecule has 1 unspecified atom stereocenters. The van der Waals surface area contributed by atoms with Gasteiger partial charge in [-0.1, -0.05) is 33.8 Å². The van der Waals surface area contributed by atoms with Gasteiger partial charge in [-0.3, -0.25) is 9.36 Å². The van der Waals surface area contributed by atoms with Gasteiger partial charge in [-0.15, -0.1) is 0 Å². The molecule has 25 heavy (non-hydrogen) atoms. The molecule has 0 N–H and O–H groups in total. The summed E-state index contributed by atoms with van der Waals surface area (Å²) in [6.45, 7) is 8.79. The van der Waals surface area contributed by atoms with Crippen molar-refractivity contribution < 1.29 is 13.9 Å². The van der Waals surface area contributed by atoms with Crippen molar-refractivity contribution in [3.8, 4) is 11.8 Å². The molecule has 1 atom stereocenters. The number of halogens is 1. The van der Waals surface area contributed by atoms with E-state index in [0.29, 0.717) is 19.0 Å². The van der Waals surface area contributed by atoms with Gasteiger partial charge < -0.3 is 9.47 Å². The second-order valence-electron chi connectivity index (χ2n) is 7.28. The maximum atomic E-state index is 14.3. The summed E-state index contributed by atoms with van der Waals surface area (Å²) in [4.78, 5) is 15.4. The number of nitrogens with zero attached hydrogens (tertiary/aromatic N) is 2. The highest BCUT2D eigenvalue weighted by atomic mass is 19.1. The van der Waals surface area contributed by atoms with E-state index in [-0.39, 0.29) is 35.3 Å². The molecular weight excluding hydrogens is 323 g/mol. The van der Waals surface area contributed by atoms with Gasteiger partial charge in [0.2, 0.25) is 0 Å². The van der Waals surface area contributed by atoms with Gasteiger partial charge >= 0.3 is 0 Å². The van der Waals surface area contributed by atoms with E-state index in [1.165, 1.54) is 12.1 Å². The van der Waals surface area contributed by atoms with Crippen LogP contribution in [-0.2, 0) is 18.4 Å². The molecule has 6 heteroatoms. The van der Waals surface area contributed by atoms with Gasteiger partial charge in [0.25, 0.3) is 11.6 Å². The molecule has 0 saturated carbocycles. The summed E-state index contributed by atoms with van der Waals surface area (Å²) in [7, 11) is 0. The monoisotopic (exact) mass is 346 g/mol. The highest BCUT2D eigenvalue weighted by molar-refractivity contribution is 5.32. The molecule has 134 valence electrons. The maximum absolute atomic E-state index is 14.3. The van der Waals surface area contributed by atoms with Crippen LogP contribution < -0.4 is 15.0 Å². The summed E-state index contributed by atoms with van der Waals surface area (Å²) < 4.78 is 27.4. The minimum Gasteiger partial charge on any atom is -0.487 e. The molecule has 1 aliphatic heterocycles. The van der Waals surface area contributed by atoms with Crippen molar-refractivity contribution in [1.29, 1.82) is 0 Å². The number of hydrogen-bond donors (Lipinski definition) is 0. The molecule has 5 nitrogen and oxygen atoms in total. The third-order valence-corrected chi connectivity index (χ3v) is 4.32. The molecule has 0 aliphatic carbocycles. The Kier molecular flexibility index (Phi) is 4.54. The molecule has 3 rings (SSSR count). The predicted octanol–water partition coefficient (Wildman–Crippen LogP) is 3.08. The second kappa shape index (κ2) is 6.50. The molecule has 0 saturated heterocycles. The van der Waals surface area contributed by atoms with Crippen LogP contribution in [0.15, 0.2) is 29.1 Å². The van der Waals surface area contributed by atoms with Gasteiger partial charge in [-0.05, 0) is 29.5 Å². The first-order chi connectivity index (χ1) is 11.8. The van der Waals surface area contributed by atoms with Crippen molar-refractivity contribution in [3.63, 3.8) is 0 Å². The lowest BCUT2D eigenvalue weighted by Crippen LogP contribution is -2.24. The summed E-state index contributed by atoms with van der Waals surface area (Å²) in [5.74, 6) is -0.185. The number of ether oxygens (including phenoxy) is 2. The molecule has 0 amide bonds. The van der Waals surface area contributed by atoms with Crippen LogP contribution in [0, 0.1) is 5.82 Å². The Balaban J connectivity index is 1.69. The zero-order chi connectivity index (χ0) is 18.2. The van der Waals surface area contributed by atoms with Crippen molar-refractivity contribution in [1.82, 2.24) is 9.55 Å². The van der Waals surface area contributed by atoms with Gasteiger partial charge in [-0.2, -0.15) is 4.98 Å². The highest BCUT2D eigenvalue weighted by Gasteiger charge is 2.26. The molecule has 1 aromatic heterocycles. The van der Waals surface area contributed by atoms with Crippen LogP contribution >= 0.6 is 0 Å². The number of aromatic nitrogens is 2. The Hall–Kier alpha value is -2.37. The Morgan fingerprint density at radius 2 is 2.12 bits per heavy atom. The van der Waals surface area contributed by atoms with Crippen molar-refractivity contribution in [3.05, 3.63) is 51.7 Å². The normalized spacial score (nSPS) is 16.4. The number of rotatable bonds is 4. The zero-order valence-electron chi connectivity index (χ0n) is 15.0. The topological polar surface area (TPSA) is 53.4 Å². The van der Waals surface area contributed by atoms with E-state index in [9.17, 15) is 9.18 Å². The molecule has 2 heterocycles. The second-order valence-corrected chi connectivity index (χ2v) is 7.28. The first-order valence-electron chi connectivity index (χ1n) is 8.48. The first-order valence-corrected chi connectivity index (χ1v) is 8.48. The molecule has 1 aromatic carbocycles. The Morgan fingerprint density at radius 1 is 1.36 bits per heavy atom. The average Bonchev–Trinajstić information content (AvgIpc) is 2.94. The van der Waals surface area contributed by atoms with Crippen LogP contribution in [0.2, 0.25) is 0 Å². The van der Waals surface area contributed by atoms with Crippen LogP contribution in [0.4, 0.5) is 4.39 Å². The fourth-order valence-electron chi connectivity index (χ4n) is 2.85. The maximum Gasteiger partial charge on any atom is 0.300 e. The lowest BCUT2D eigenvalue weighted by Gasteiger charge is -2.20. The molecular formula is C19H23FN2O3. The van der Waals surface area contributed by atoms with Gasteiger partial charge in [0.1, 0.15) is 6.61 Å². The third-order valence-electron chi connectivity index (χ3n) is 4.32. The van der Waals surface area contributed by atoms with Gasteiger partial charge in [0, 0.05) is 11.8 Å². The first kappa shape index (κ1) is 17.5. The molecule has 1 aliphatic rings. The van der Waals surface area contributed by atoms with E-state index in [1.54, 1.807) is 6.07 Å². The van der Waals surface area contributed by atoms with Crippen LogP contribution in [0.5, 0.6) is 11.8 Å². The SMILES string of the molecule is CCc1cc(=O)nc2n1CC(COc1ccc(C(C)(C)C)cc1F)O2. The number of benzene rings is 1. The molecule has 0 fully saturated rings. The minimum absolute atomic E-state index is 0.121. The van der Waals surface area contributed by atoms with E-state index in [2.05, 4.69) is 4.98 Å². The van der Waals surface area contributed by atoms with Crippen LogP contribution in [0.1, 0.15) is 39.0 Å². The van der Waals surface area contributed by atoms with Crippen LogP contribution in [0.3, 0.4) is 0 Å². The van der Waals surface area contributed by atoms with E-state index < -0.39 is 0 Å². The largest absolute Gasteiger partial charge is 0.487 e. The summed E-state index contributed by atoms with van der Waals surface area (Å²) in [6.07, 6.45) is 0.409. The van der Waals surface area contributed by atoms with Crippen molar-refractivity contribution >= 4 is 0 Å². The van der Waals surface area contributed by atoms with Crippen molar-refractivity contribution in [2.45, 2.75) is 52.2 Å². The Labute approximate surface area is 146 Å². The van der Waals surface area contributed by atoms with Gasteiger partial charge in [-0.25, -0.2) is 4.39 Å². The van der Waals surface area contributed by atoms with Gasteiger partial charge in [0.05, 0.1) is 6.54 Å². The smallest absolute Gasteiger partial charge is 0.300 e. The molecule has 2 aromatic rings. The number of hydrogen-bond acceptors (Lipinski definition) is 4. The van der Waals surface area contributed by atoms with E-state index >= 15 is 0 Å². The lowest BCUT2D eigenvalue weighted by molar-refractivity contribution is 0.140. The third kappa shape index (κ3) is 3.67. The Morgan fingerprint density at radius 3 is 2.76 bits per heavy atom. The van der Waals surface area contributed by atoms with Crippen LogP contribution in [-0.4, -0.2) is 22.3 Å². The molecule has 0 spiro atoms. The van der Waals surface area contributed by atoms with Crippen LogP contribution in [0.25, 0.3) is 0 Å². The van der Waals surface area contributed by atoms with E-state index in [4.69, 9.17) is 9.47 Å². The van der Waals surface area contributed by atoms with Crippen molar-refractivity contribution in [2.75, 3.05) is 6.61 Å². The number of fused-ring (bicyclic) bond motifs is 1. The lowest BCUT2D eigenvalue weighted by atomic mass is 9.87. The summed E-state index contributed by atoms with van der Waals surface area (Å²) >= 11 is 0. The summed E-state index contributed by atoms with van der Waals surface area (Å²) in [5, 5.41) is 0. The molecule has 0 radical (unpaired) electrons. The minimum atomic E-state index is -0.384. The molecule has 0 bridgehead atoms. The zero-order valence-corrected chi connectivity index (χ0v) is 15.0. The highest BCUT2D eigenvalue weighted by Crippen LogP contribution is 2.28. The predicted molar refractivity (Wildman–Crippen MR) is 92.9 cm³/mol. The van der Waals surface area contributed by atoms with E-state index in [1.807, 2.05) is 38.3 Å². The standard InChI is InChI=1S/C19H23FN2O3/c1-5-13-9-17(23)21-18-22(13)10-14(25-18)11-24-16-7-6-12(8-15(16)20)19(2,3)4/h6-9,14H,5,10-11H2,1-4H3. The fourth-order valence-corrected chi connectivity index (χ4v) is 2.85. The average molecular weight is 346 g/mol. The quantitative estimate of drug-likeness (QED) is 0.854. The van der Waals surface area contributed by atoms with Crippen molar-refractivity contribution in [2.24, 2.45) is 0 Å². The van der Waals surface area contributed by atoms with Gasteiger partial charge in [0.15, 0.2) is 17.7 Å². The number of aryl methyl sites for hydroxylation is 1. The fraction of sp³-hybridized carbons (Fsp3) is 0.474. The Bertz CT molecular complexity index is 840. The van der Waals surface area contributed by atoms with E-state index in [0.717, 1.165) is 11.3 Å².